The van der Waals surface area contributed by atoms with Crippen molar-refractivity contribution in [3.63, 3.8) is 0 Å². The van der Waals surface area contributed by atoms with E-state index in [2.05, 4.69) is 11.8 Å². The van der Waals surface area contributed by atoms with Gasteiger partial charge in [-0.05, 0) is 20.8 Å². The zero-order valence-corrected chi connectivity index (χ0v) is 7.87. The maximum Gasteiger partial charge on any atom is 0.0912 e. The van der Waals surface area contributed by atoms with Crippen LogP contribution in [-0.4, -0.2) is 17.8 Å². The average Bonchev–Trinajstić information content (AvgIpc) is 2.03. The van der Waals surface area contributed by atoms with Crippen LogP contribution in [0, 0.1) is 17.8 Å². The number of hydrogen-bond donors (Lipinski definition) is 1. The second-order valence-electron chi connectivity index (χ2n) is 2.58. The molecule has 0 unspecified atom stereocenters. The maximum absolute atomic E-state index is 9.07. The van der Waals surface area contributed by atoms with Gasteiger partial charge in [0, 0.05) is 12.0 Å². The number of aliphatic hydroxyl groups excluding tert-OH is 1. The molecule has 0 spiro atoms. The van der Waals surface area contributed by atoms with E-state index < -0.39 is 0 Å². The molecule has 0 aromatic heterocycles. The number of ether oxygens (including phenoxy) is 1. The van der Waals surface area contributed by atoms with Crippen LogP contribution in [0.2, 0.25) is 0 Å². The Morgan fingerprint density at radius 1 is 1.50 bits per heavy atom. The molecule has 0 aliphatic heterocycles. The van der Waals surface area contributed by atoms with Crippen molar-refractivity contribution in [1.82, 2.24) is 0 Å². The molecular weight excluding hydrogens is 152 g/mol. The number of allylic oxidation sites excluding steroid dienone is 1. The summed E-state index contributed by atoms with van der Waals surface area (Å²) in [6.45, 7) is 6.18. The van der Waals surface area contributed by atoms with Gasteiger partial charge in [-0.25, -0.2) is 0 Å². The molecule has 0 heterocycles. The van der Waals surface area contributed by atoms with Gasteiger partial charge in [-0.15, -0.1) is 0 Å². The average molecular weight is 168 g/mol. The second kappa shape index (κ2) is 6.75. The van der Waals surface area contributed by atoms with Crippen molar-refractivity contribution in [2.45, 2.75) is 26.9 Å². The second-order valence-corrected chi connectivity index (χ2v) is 2.58. The normalized spacial score (nSPS) is 15.0. The smallest absolute Gasteiger partial charge is 0.0912 e. The third kappa shape index (κ3) is 5.82. The molecule has 0 bridgehead atoms. The van der Waals surface area contributed by atoms with Crippen LogP contribution in [0.1, 0.15) is 20.8 Å². The van der Waals surface area contributed by atoms with Crippen LogP contribution in [0.4, 0.5) is 0 Å². The Balaban J connectivity index is 3.72. The summed E-state index contributed by atoms with van der Waals surface area (Å²) in [5.41, 5.74) is 0. The van der Waals surface area contributed by atoms with Gasteiger partial charge in [0.2, 0.25) is 0 Å². The van der Waals surface area contributed by atoms with Crippen molar-refractivity contribution in [2.24, 2.45) is 5.92 Å². The summed E-state index contributed by atoms with van der Waals surface area (Å²) in [7, 11) is 0. The highest BCUT2D eigenvalue weighted by Crippen LogP contribution is 1.98. The van der Waals surface area contributed by atoms with Crippen LogP contribution in [0.15, 0.2) is 12.3 Å². The SMILES string of the molecule is CCO/C=C/C#C[C@@H](C)[C@@H](C)O. The van der Waals surface area contributed by atoms with E-state index in [1.54, 1.807) is 19.3 Å². The molecule has 2 atom stereocenters. The van der Waals surface area contributed by atoms with E-state index in [9.17, 15) is 0 Å². The van der Waals surface area contributed by atoms with Crippen LogP contribution in [0.5, 0.6) is 0 Å². The molecule has 68 valence electrons. The number of rotatable bonds is 3. The van der Waals surface area contributed by atoms with Gasteiger partial charge >= 0.3 is 0 Å². The molecule has 0 saturated carbocycles. The van der Waals surface area contributed by atoms with Gasteiger partial charge in [0.25, 0.3) is 0 Å². The Bertz CT molecular complexity index is 184. The molecule has 0 aromatic carbocycles. The lowest BCUT2D eigenvalue weighted by Gasteiger charge is -2.04. The molecule has 0 saturated heterocycles. The maximum atomic E-state index is 9.07. The van der Waals surface area contributed by atoms with Gasteiger partial charge in [0.15, 0.2) is 0 Å². The third-order valence-electron chi connectivity index (χ3n) is 1.45. The molecule has 0 aliphatic carbocycles. The lowest BCUT2D eigenvalue weighted by Crippen LogP contribution is -2.10. The molecule has 0 fully saturated rings. The van der Waals surface area contributed by atoms with Crippen LogP contribution in [0.25, 0.3) is 0 Å². The minimum atomic E-state index is -0.377. The summed E-state index contributed by atoms with van der Waals surface area (Å²) in [4.78, 5) is 0. The predicted molar refractivity (Wildman–Crippen MR) is 49.4 cm³/mol. The first-order valence-electron chi connectivity index (χ1n) is 4.14. The monoisotopic (exact) mass is 168 g/mol. The fourth-order valence-corrected chi connectivity index (χ4v) is 0.479. The van der Waals surface area contributed by atoms with Crippen LogP contribution < -0.4 is 0 Å². The Hall–Kier alpha value is -0.940. The number of hydrogen-bond acceptors (Lipinski definition) is 2. The van der Waals surface area contributed by atoms with Crippen molar-refractivity contribution in [1.29, 1.82) is 0 Å². The molecule has 0 aromatic rings. The first-order valence-corrected chi connectivity index (χ1v) is 4.14. The van der Waals surface area contributed by atoms with Crippen molar-refractivity contribution >= 4 is 0 Å². The van der Waals surface area contributed by atoms with E-state index in [0.717, 1.165) is 0 Å². The molecule has 12 heavy (non-hydrogen) atoms. The highest BCUT2D eigenvalue weighted by Gasteiger charge is 2.02. The van der Waals surface area contributed by atoms with E-state index in [1.165, 1.54) is 0 Å². The fourth-order valence-electron chi connectivity index (χ4n) is 0.479. The van der Waals surface area contributed by atoms with Gasteiger partial charge in [-0.2, -0.15) is 0 Å². The molecule has 0 amide bonds. The summed E-state index contributed by atoms with van der Waals surface area (Å²) in [6, 6.07) is 0. The van der Waals surface area contributed by atoms with Gasteiger partial charge in [-0.1, -0.05) is 11.8 Å². The Morgan fingerprint density at radius 3 is 2.67 bits per heavy atom. The zero-order chi connectivity index (χ0) is 9.40. The van der Waals surface area contributed by atoms with Gasteiger partial charge in [0.1, 0.15) is 0 Å². The quantitative estimate of drug-likeness (QED) is 0.512. The topological polar surface area (TPSA) is 29.5 Å². The Labute approximate surface area is 74.2 Å². The van der Waals surface area contributed by atoms with E-state index in [4.69, 9.17) is 9.84 Å². The summed E-state index contributed by atoms with van der Waals surface area (Å²) < 4.78 is 4.93. The molecule has 0 radical (unpaired) electrons. The van der Waals surface area contributed by atoms with Gasteiger partial charge in [-0.3, -0.25) is 0 Å². The van der Waals surface area contributed by atoms with Crippen molar-refractivity contribution < 1.29 is 9.84 Å². The standard InChI is InChI=1S/C10H16O2/c1-4-12-8-6-5-7-9(2)10(3)11/h6,8-11H,4H2,1-3H3/b8-6+/t9-,10-/m1/s1. The molecule has 1 N–H and O–H groups in total. The minimum absolute atomic E-state index is 0.0104. The van der Waals surface area contributed by atoms with Gasteiger partial charge in [0.05, 0.1) is 19.0 Å². The summed E-state index contributed by atoms with van der Waals surface area (Å²) in [5.74, 6) is 5.67. The predicted octanol–water partition coefficient (Wildman–Crippen LogP) is 1.56. The molecule has 0 rings (SSSR count). The van der Waals surface area contributed by atoms with Crippen LogP contribution in [0.3, 0.4) is 0 Å². The first-order chi connectivity index (χ1) is 5.68. The van der Waals surface area contributed by atoms with E-state index in [-0.39, 0.29) is 12.0 Å². The molecule has 0 aliphatic rings. The summed E-state index contributed by atoms with van der Waals surface area (Å²) in [5, 5.41) is 9.07. The lowest BCUT2D eigenvalue weighted by atomic mass is 10.1. The summed E-state index contributed by atoms with van der Waals surface area (Å²) in [6.07, 6.45) is 2.82. The Kier molecular flexibility index (Phi) is 6.22. The minimum Gasteiger partial charge on any atom is -0.501 e. The fraction of sp³-hybridized carbons (Fsp3) is 0.600. The molecule has 2 nitrogen and oxygen atoms in total. The van der Waals surface area contributed by atoms with E-state index >= 15 is 0 Å². The first kappa shape index (κ1) is 11.1. The molecular formula is C10H16O2. The largest absolute Gasteiger partial charge is 0.501 e. The zero-order valence-electron chi connectivity index (χ0n) is 7.87. The molecule has 2 heteroatoms. The van der Waals surface area contributed by atoms with E-state index in [0.29, 0.717) is 6.61 Å². The van der Waals surface area contributed by atoms with E-state index in [1.807, 2.05) is 13.8 Å². The van der Waals surface area contributed by atoms with Crippen molar-refractivity contribution in [2.75, 3.05) is 6.61 Å². The van der Waals surface area contributed by atoms with Crippen molar-refractivity contribution in [3.05, 3.63) is 12.3 Å². The highest BCUT2D eigenvalue weighted by molar-refractivity contribution is 5.15. The Morgan fingerprint density at radius 2 is 2.17 bits per heavy atom. The van der Waals surface area contributed by atoms with Crippen LogP contribution >= 0.6 is 0 Å². The number of aliphatic hydroxyl groups is 1. The van der Waals surface area contributed by atoms with Crippen molar-refractivity contribution in [3.8, 4) is 11.8 Å². The van der Waals surface area contributed by atoms with Crippen LogP contribution in [-0.2, 0) is 4.74 Å². The summed E-state index contributed by atoms with van der Waals surface area (Å²) >= 11 is 0. The lowest BCUT2D eigenvalue weighted by molar-refractivity contribution is 0.161. The highest BCUT2D eigenvalue weighted by atomic mass is 16.5. The third-order valence-corrected chi connectivity index (χ3v) is 1.45. The van der Waals surface area contributed by atoms with Gasteiger partial charge < -0.3 is 9.84 Å².